The van der Waals surface area contributed by atoms with Gasteiger partial charge in [0.05, 0.1) is 16.8 Å². The lowest BCUT2D eigenvalue weighted by Crippen LogP contribution is -2.41. The molecule has 2 atom stereocenters. The molecule has 0 bridgehead atoms. The van der Waals surface area contributed by atoms with Crippen molar-refractivity contribution in [1.29, 1.82) is 0 Å². The lowest BCUT2D eigenvalue weighted by atomic mass is 9.83. The van der Waals surface area contributed by atoms with Gasteiger partial charge in [0.2, 0.25) is 0 Å². The number of hydrogen-bond donors (Lipinski definition) is 1. The van der Waals surface area contributed by atoms with Crippen LogP contribution in [-0.4, -0.2) is 16.9 Å². The summed E-state index contributed by atoms with van der Waals surface area (Å²) in [5.74, 6) is 0.621. The van der Waals surface area contributed by atoms with Gasteiger partial charge in [0.25, 0.3) is 5.91 Å². The Bertz CT molecular complexity index is 1060. The molecule has 142 valence electrons. The quantitative estimate of drug-likeness (QED) is 0.664. The first-order valence-electron chi connectivity index (χ1n) is 10.5. The first-order valence-corrected chi connectivity index (χ1v) is 10.5. The summed E-state index contributed by atoms with van der Waals surface area (Å²) in [5.41, 5.74) is 6.34. The molecule has 5 rings (SSSR count). The molecule has 3 nitrogen and oxygen atoms in total. The van der Waals surface area contributed by atoms with E-state index < -0.39 is 0 Å². The van der Waals surface area contributed by atoms with Crippen molar-refractivity contribution in [3.63, 3.8) is 0 Å². The molecule has 3 heteroatoms. The van der Waals surface area contributed by atoms with Crippen LogP contribution in [0.25, 0.3) is 22.2 Å². The predicted molar refractivity (Wildman–Crippen MR) is 113 cm³/mol. The van der Waals surface area contributed by atoms with Gasteiger partial charge in [-0.05, 0) is 48.8 Å². The summed E-state index contributed by atoms with van der Waals surface area (Å²) in [5, 5.41) is 4.36. The van der Waals surface area contributed by atoms with Crippen molar-refractivity contribution in [1.82, 2.24) is 10.3 Å². The normalized spacial score (nSPS) is 21.0. The van der Waals surface area contributed by atoms with Crippen LogP contribution in [0.2, 0.25) is 0 Å². The van der Waals surface area contributed by atoms with Gasteiger partial charge in [-0.2, -0.15) is 0 Å². The number of nitrogens with one attached hydrogen (secondary N) is 1. The molecule has 2 aliphatic rings. The highest BCUT2D eigenvalue weighted by atomic mass is 16.1. The maximum atomic E-state index is 13.5. The van der Waals surface area contributed by atoms with Crippen molar-refractivity contribution in [2.75, 3.05) is 0 Å². The summed E-state index contributed by atoms with van der Waals surface area (Å²) in [6.07, 6.45) is 6.60. The Balaban J connectivity index is 1.65. The third-order valence-electron chi connectivity index (χ3n) is 6.57. The van der Waals surface area contributed by atoms with E-state index in [1.54, 1.807) is 0 Å². The van der Waals surface area contributed by atoms with Crippen molar-refractivity contribution in [2.45, 2.75) is 51.5 Å². The molecule has 1 fully saturated rings. The number of carbonyl (C=O) groups is 1. The van der Waals surface area contributed by atoms with Gasteiger partial charge in [-0.3, -0.25) is 4.79 Å². The van der Waals surface area contributed by atoms with E-state index in [-0.39, 0.29) is 11.9 Å². The molecule has 2 aliphatic carbocycles. The minimum atomic E-state index is 0.0768. The van der Waals surface area contributed by atoms with Crippen LogP contribution in [0.5, 0.6) is 0 Å². The van der Waals surface area contributed by atoms with Crippen LogP contribution in [0.15, 0.2) is 48.5 Å². The second-order valence-corrected chi connectivity index (χ2v) is 8.33. The number of fused-ring (bicyclic) bond motifs is 4. The standard InChI is InChI=1S/C25H26N2O/c1-16-8-2-6-12-21(16)27-25(28)23-19-11-5-7-13-22(19)26-24-18-10-4-3-9-17(18)14-15-20(23)24/h3-5,7,9-11,13,16,21H,2,6,8,12,14-15H2,1H3,(H,27,28)/t16-,21+/m1/s1. The molecule has 0 spiro atoms. The molecule has 1 aromatic heterocycles. The van der Waals surface area contributed by atoms with Gasteiger partial charge < -0.3 is 5.32 Å². The summed E-state index contributed by atoms with van der Waals surface area (Å²) in [7, 11) is 0. The van der Waals surface area contributed by atoms with Gasteiger partial charge in [0, 0.05) is 17.0 Å². The molecule has 0 radical (unpaired) electrons. The minimum Gasteiger partial charge on any atom is -0.349 e. The molecule has 3 aromatic rings. The third-order valence-corrected chi connectivity index (χ3v) is 6.57. The van der Waals surface area contributed by atoms with Crippen molar-refractivity contribution in [3.8, 4) is 11.3 Å². The van der Waals surface area contributed by atoms with Crippen LogP contribution in [0.4, 0.5) is 0 Å². The van der Waals surface area contributed by atoms with Gasteiger partial charge in [0.15, 0.2) is 0 Å². The van der Waals surface area contributed by atoms with E-state index in [0.717, 1.165) is 47.0 Å². The minimum absolute atomic E-state index is 0.0768. The summed E-state index contributed by atoms with van der Waals surface area (Å²) in [4.78, 5) is 18.5. The first kappa shape index (κ1) is 17.4. The highest BCUT2D eigenvalue weighted by molar-refractivity contribution is 6.09. The molecule has 1 saturated carbocycles. The molecule has 28 heavy (non-hydrogen) atoms. The number of amides is 1. The Morgan fingerprint density at radius 2 is 1.79 bits per heavy atom. The van der Waals surface area contributed by atoms with Crippen LogP contribution in [0.1, 0.15) is 54.1 Å². The second-order valence-electron chi connectivity index (χ2n) is 8.33. The number of rotatable bonds is 2. The SMILES string of the molecule is C[C@@H]1CCCC[C@@H]1NC(=O)c1c2c(nc3ccccc13)-c1ccccc1CC2. The Labute approximate surface area is 166 Å². The molecule has 0 aliphatic heterocycles. The largest absolute Gasteiger partial charge is 0.349 e. The zero-order valence-corrected chi connectivity index (χ0v) is 16.4. The zero-order valence-electron chi connectivity index (χ0n) is 16.4. The molecule has 2 aromatic carbocycles. The van der Waals surface area contributed by atoms with Gasteiger partial charge in [0.1, 0.15) is 0 Å². The number of pyridine rings is 1. The van der Waals surface area contributed by atoms with E-state index in [1.807, 2.05) is 24.3 Å². The van der Waals surface area contributed by atoms with E-state index in [2.05, 4.69) is 36.5 Å². The molecule has 0 unspecified atom stereocenters. The summed E-state index contributed by atoms with van der Waals surface area (Å²) < 4.78 is 0. The summed E-state index contributed by atoms with van der Waals surface area (Å²) in [6.45, 7) is 2.26. The number of para-hydroxylation sites is 1. The highest BCUT2D eigenvalue weighted by Crippen LogP contribution is 2.37. The van der Waals surface area contributed by atoms with Crippen LogP contribution in [0, 0.1) is 5.92 Å². The van der Waals surface area contributed by atoms with Gasteiger partial charge in [-0.25, -0.2) is 4.98 Å². The van der Waals surface area contributed by atoms with Crippen molar-refractivity contribution in [3.05, 3.63) is 65.2 Å². The lowest BCUT2D eigenvalue weighted by molar-refractivity contribution is 0.0911. The molecule has 1 N–H and O–H groups in total. The molecular weight excluding hydrogens is 344 g/mol. The third kappa shape index (κ3) is 2.90. The Hall–Kier alpha value is -2.68. The predicted octanol–water partition coefficient (Wildman–Crippen LogP) is 5.31. The zero-order chi connectivity index (χ0) is 19.1. The molecule has 1 amide bonds. The average molecular weight is 370 g/mol. The number of hydrogen-bond acceptors (Lipinski definition) is 2. The highest BCUT2D eigenvalue weighted by Gasteiger charge is 2.28. The number of benzene rings is 2. The van der Waals surface area contributed by atoms with Gasteiger partial charge in [-0.1, -0.05) is 62.2 Å². The van der Waals surface area contributed by atoms with Crippen molar-refractivity contribution < 1.29 is 4.79 Å². The number of nitrogens with zero attached hydrogens (tertiary/aromatic N) is 1. The summed E-state index contributed by atoms with van der Waals surface area (Å²) in [6, 6.07) is 16.8. The monoisotopic (exact) mass is 370 g/mol. The van der Waals surface area contributed by atoms with E-state index in [9.17, 15) is 4.79 Å². The maximum Gasteiger partial charge on any atom is 0.252 e. The fourth-order valence-corrected chi connectivity index (χ4v) is 4.98. The van der Waals surface area contributed by atoms with Crippen LogP contribution in [0.3, 0.4) is 0 Å². The number of aromatic nitrogens is 1. The number of carbonyl (C=O) groups excluding carboxylic acids is 1. The van der Waals surface area contributed by atoms with Crippen molar-refractivity contribution >= 4 is 16.8 Å². The van der Waals surface area contributed by atoms with E-state index in [0.29, 0.717) is 5.92 Å². The van der Waals surface area contributed by atoms with E-state index >= 15 is 0 Å². The fourth-order valence-electron chi connectivity index (χ4n) is 4.98. The topological polar surface area (TPSA) is 42.0 Å². The van der Waals surface area contributed by atoms with E-state index in [4.69, 9.17) is 4.98 Å². The Kier molecular flexibility index (Phi) is 4.38. The second kappa shape index (κ2) is 7.05. The number of aryl methyl sites for hydroxylation is 1. The molecular formula is C25H26N2O. The smallest absolute Gasteiger partial charge is 0.252 e. The van der Waals surface area contributed by atoms with Gasteiger partial charge in [-0.15, -0.1) is 0 Å². The summed E-state index contributed by atoms with van der Waals surface area (Å²) >= 11 is 0. The van der Waals surface area contributed by atoms with Gasteiger partial charge >= 0.3 is 0 Å². The molecule has 1 heterocycles. The maximum absolute atomic E-state index is 13.5. The van der Waals surface area contributed by atoms with Crippen LogP contribution < -0.4 is 5.32 Å². The molecule has 0 saturated heterocycles. The van der Waals surface area contributed by atoms with E-state index in [1.165, 1.54) is 30.4 Å². The van der Waals surface area contributed by atoms with Crippen LogP contribution >= 0.6 is 0 Å². The lowest BCUT2D eigenvalue weighted by Gasteiger charge is -2.30. The Morgan fingerprint density at radius 3 is 2.68 bits per heavy atom. The first-order chi connectivity index (χ1) is 13.7. The average Bonchev–Trinajstić information content (AvgIpc) is 2.73. The van der Waals surface area contributed by atoms with Crippen molar-refractivity contribution in [2.24, 2.45) is 5.92 Å². The van der Waals surface area contributed by atoms with Crippen LogP contribution in [-0.2, 0) is 12.8 Å². The Morgan fingerprint density at radius 1 is 1.00 bits per heavy atom. The fraction of sp³-hybridized carbons (Fsp3) is 0.360.